The molecule has 1 N–H and O–H groups in total. The molecule has 2 aromatic heterocycles. The van der Waals surface area contributed by atoms with E-state index < -0.39 is 11.4 Å². The quantitative estimate of drug-likeness (QED) is 0.804. The minimum absolute atomic E-state index is 0.174. The third kappa shape index (κ3) is 1.56. The van der Waals surface area contributed by atoms with Crippen molar-refractivity contribution in [1.29, 1.82) is 0 Å². The predicted molar refractivity (Wildman–Crippen MR) is 71.5 cm³/mol. The molecule has 0 radical (unpaired) electrons. The molecule has 2 rings (SSSR count). The highest BCUT2D eigenvalue weighted by atomic mass is 127. The van der Waals surface area contributed by atoms with E-state index in [-0.39, 0.29) is 5.56 Å². The number of rotatable bonds is 1. The monoisotopic (exact) mass is 349 g/mol. The van der Waals surface area contributed by atoms with Gasteiger partial charge in [0, 0.05) is 13.2 Å². The third-order valence-corrected chi connectivity index (χ3v) is 5.06. The van der Waals surface area contributed by atoms with Gasteiger partial charge in [0.05, 0.1) is 8.27 Å². The maximum Gasteiger partial charge on any atom is 0.341 e. The molecule has 0 spiro atoms. The molecule has 0 saturated carbocycles. The topological polar surface area (TPSA) is 59.3 Å². The van der Waals surface area contributed by atoms with Crippen molar-refractivity contribution >= 4 is 50.1 Å². The van der Waals surface area contributed by atoms with Gasteiger partial charge < -0.3 is 9.67 Å². The number of aromatic nitrogens is 1. The number of carboxylic acid groups (broad SMARTS) is 1. The fourth-order valence-electron chi connectivity index (χ4n) is 1.58. The summed E-state index contributed by atoms with van der Waals surface area (Å²) in [5, 5.41) is 9.46. The molecule has 0 amide bonds. The molecule has 0 aromatic carbocycles. The van der Waals surface area contributed by atoms with E-state index in [0.29, 0.717) is 5.39 Å². The van der Waals surface area contributed by atoms with Crippen LogP contribution >= 0.6 is 33.9 Å². The Bertz CT molecular complexity index is 656. The Morgan fingerprint density at radius 1 is 1.56 bits per heavy atom. The second kappa shape index (κ2) is 3.85. The van der Waals surface area contributed by atoms with E-state index in [2.05, 4.69) is 22.6 Å². The average molecular weight is 349 g/mol. The number of nitrogens with zero attached hydrogens (tertiary/aromatic N) is 1. The molecule has 2 aromatic rings. The van der Waals surface area contributed by atoms with Gasteiger partial charge in [-0.1, -0.05) is 0 Å². The minimum atomic E-state index is -1.18. The molecule has 0 saturated heterocycles. The highest BCUT2D eigenvalue weighted by Crippen LogP contribution is 2.29. The van der Waals surface area contributed by atoms with Crippen LogP contribution in [0.3, 0.4) is 0 Å². The first-order valence-electron chi connectivity index (χ1n) is 4.45. The van der Waals surface area contributed by atoms with Crippen LogP contribution in [0, 0.1) is 9.81 Å². The highest BCUT2D eigenvalue weighted by Gasteiger charge is 2.17. The molecule has 0 fully saturated rings. The predicted octanol–water partition coefficient (Wildman–Crippen LogP) is 2.21. The SMILES string of the molecule is Cc1c(I)sc2c1c(=O)c(C(=O)O)cn2C. The number of aryl methyl sites for hydroxylation is 2. The van der Waals surface area contributed by atoms with Crippen molar-refractivity contribution < 1.29 is 9.90 Å². The first-order valence-corrected chi connectivity index (χ1v) is 6.34. The second-order valence-corrected chi connectivity index (χ2v) is 6.28. The molecule has 16 heavy (non-hydrogen) atoms. The molecule has 6 heteroatoms. The number of fused-ring (bicyclic) bond motifs is 1. The number of halogens is 1. The van der Waals surface area contributed by atoms with Gasteiger partial charge in [0.1, 0.15) is 10.4 Å². The van der Waals surface area contributed by atoms with Gasteiger partial charge in [-0.3, -0.25) is 4.79 Å². The standard InChI is InChI=1S/C10H8INO3S/c1-4-6-7(13)5(10(14)15)3-12(2)9(6)16-8(4)11/h3H,1-2H3,(H,14,15). The Morgan fingerprint density at radius 3 is 2.75 bits per heavy atom. The smallest absolute Gasteiger partial charge is 0.341 e. The van der Waals surface area contributed by atoms with Crippen molar-refractivity contribution in [2.45, 2.75) is 6.92 Å². The van der Waals surface area contributed by atoms with Gasteiger partial charge in [-0.05, 0) is 35.1 Å². The molecule has 84 valence electrons. The lowest BCUT2D eigenvalue weighted by atomic mass is 10.1. The Hall–Kier alpha value is -0.890. The van der Waals surface area contributed by atoms with Crippen molar-refractivity contribution in [2.24, 2.45) is 7.05 Å². The maximum absolute atomic E-state index is 12.0. The van der Waals surface area contributed by atoms with Crippen LogP contribution in [0.1, 0.15) is 15.9 Å². The van der Waals surface area contributed by atoms with E-state index in [9.17, 15) is 9.59 Å². The van der Waals surface area contributed by atoms with Crippen LogP contribution in [0.25, 0.3) is 10.2 Å². The van der Waals surface area contributed by atoms with Crippen LogP contribution in [0.2, 0.25) is 0 Å². The van der Waals surface area contributed by atoms with Gasteiger partial charge in [-0.15, -0.1) is 11.3 Å². The first-order chi connectivity index (χ1) is 7.43. The van der Waals surface area contributed by atoms with Gasteiger partial charge in [0.25, 0.3) is 0 Å². The van der Waals surface area contributed by atoms with Crippen LogP contribution < -0.4 is 5.43 Å². The van der Waals surface area contributed by atoms with E-state index in [1.807, 2.05) is 6.92 Å². The lowest BCUT2D eigenvalue weighted by Crippen LogP contribution is -2.17. The number of hydrogen-bond acceptors (Lipinski definition) is 3. The fourth-order valence-corrected chi connectivity index (χ4v) is 3.45. The summed E-state index contributed by atoms with van der Waals surface area (Å²) in [7, 11) is 1.75. The van der Waals surface area contributed by atoms with Gasteiger partial charge in [-0.2, -0.15) is 0 Å². The van der Waals surface area contributed by atoms with Crippen LogP contribution in [0.15, 0.2) is 11.0 Å². The fraction of sp³-hybridized carbons (Fsp3) is 0.200. The molecule has 2 heterocycles. The Balaban J connectivity index is 3.04. The average Bonchev–Trinajstić information content (AvgIpc) is 2.50. The zero-order valence-corrected chi connectivity index (χ0v) is 11.5. The van der Waals surface area contributed by atoms with Crippen molar-refractivity contribution in [3.63, 3.8) is 0 Å². The summed E-state index contributed by atoms with van der Waals surface area (Å²) in [5.41, 5.74) is 0.300. The van der Waals surface area contributed by atoms with E-state index in [0.717, 1.165) is 13.3 Å². The van der Waals surface area contributed by atoms with Crippen molar-refractivity contribution in [2.75, 3.05) is 0 Å². The number of carboxylic acids is 1. The molecule has 0 atom stereocenters. The Kier molecular flexibility index (Phi) is 2.79. The zero-order chi connectivity index (χ0) is 12.0. The van der Waals surface area contributed by atoms with E-state index in [1.165, 1.54) is 17.5 Å². The summed E-state index contributed by atoms with van der Waals surface area (Å²) in [6, 6.07) is 0. The number of carbonyl (C=O) groups is 1. The van der Waals surface area contributed by atoms with Gasteiger partial charge in [-0.25, -0.2) is 4.79 Å². The summed E-state index contributed by atoms with van der Waals surface area (Å²) >= 11 is 3.66. The molecule has 0 aliphatic rings. The maximum atomic E-state index is 12.0. The summed E-state index contributed by atoms with van der Waals surface area (Å²) in [6.45, 7) is 1.84. The molecular formula is C10H8INO3S. The molecular weight excluding hydrogens is 341 g/mol. The van der Waals surface area contributed by atoms with E-state index in [4.69, 9.17) is 5.11 Å². The first kappa shape index (κ1) is 11.6. The molecule has 0 bridgehead atoms. The number of pyridine rings is 1. The Labute approximate surface area is 109 Å². The van der Waals surface area contributed by atoms with Crippen molar-refractivity contribution in [3.8, 4) is 0 Å². The molecule has 0 unspecified atom stereocenters. The van der Waals surface area contributed by atoms with Crippen LogP contribution in [-0.4, -0.2) is 15.6 Å². The van der Waals surface area contributed by atoms with Crippen LogP contribution in [0.5, 0.6) is 0 Å². The van der Waals surface area contributed by atoms with Gasteiger partial charge in [0.15, 0.2) is 0 Å². The minimum Gasteiger partial charge on any atom is -0.477 e. The summed E-state index contributed by atoms with van der Waals surface area (Å²) in [5.74, 6) is -1.18. The largest absolute Gasteiger partial charge is 0.477 e. The summed E-state index contributed by atoms with van der Waals surface area (Å²) in [4.78, 5) is 23.7. The summed E-state index contributed by atoms with van der Waals surface area (Å²) < 4.78 is 2.71. The van der Waals surface area contributed by atoms with Gasteiger partial charge >= 0.3 is 5.97 Å². The number of aromatic carboxylic acids is 1. The second-order valence-electron chi connectivity index (χ2n) is 3.47. The summed E-state index contributed by atoms with van der Waals surface area (Å²) in [6.07, 6.45) is 1.37. The van der Waals surface area contributed by atoms with Crippen LogP contribution in [-0.2, 0) is 7.05 Å². The van der Waals surface area contributed by atoms with Gasteiger partial charge in [0.2, 0.25) is 5.43 Å². The third-order valence-electron chi connectivity index (χ3n) is 2.42. The zero-order valence-electron chi connectivity index (χ0n) is 8.57. The van der Waals surface area contributed by atoms with Crippen LogP contribution in [0.4, 0.5) is 0 Å². The van der Waals surface area contributed by atoms with Crippen molar-refractivity contribution in [1.82, 2.24) is 4.57 Å². The Morgan fingerprint density at radius 2 is 2.19 bits per heavy atom. The lowest BCUT2D eigenvalue weighted by molar-refractivity contribution is 0.0695. The lowest BCUT2D eigenvalue weighted by Gasteiger charge is -2.02. The van der Waals surface area contributed by atoms with E-state index in [1.54, 1.807) is 11.6 Å². The highest BCUT2D eigenvalue weighted by molar-refractivity contribution is 14.1. The van der Waals surface area contributed by atoms with Crippen molar-refractivity contribution in [3.05, 3.63) is 30.4 Å². The number of thiophene rings is 1. The molecule has 4 nitrogen and oxygen atoms in total. The van der Waals surface area contributed by atoms with E-state index >= 15 is 0 Å². The normalized spacial score (nSPS) is 10.9. The molecule has 0 aliphatic heterocycles. The number of hydrogen-bond donors (Lipinski definition) is 1. The molecule has 0 aliphatic carbocycles.